The zero-order valence-corrected chi connectivity index (χ0v) is 12.0. The molecule has 0 saturated carbocycles. The molecule has 2 heterocycles. The average molecular weight is 309 g/mol. The van der Waals surface area contributed by atoms with E-state index in [0.29, 0.717) is 6.92 Å². The Kier molecular flexibility index (Phi) is 4.44. The van der Waals surface area contributed by atoms with Crippen molar-refractivity contribution in [1.29, 1.82) is 0 Å². The van der Waals surface area contributed by atoms with Gasteiger partial charge in [0.15, 0.2) is 5.82 Å². The van der Waals surface area contributed by atoms with Gasteiger partial charge in [0.2, 0.25) is 0 Å². The van der Waals surface area contributed by atoms with Crippen molar-refractivity contribution < 1.29 is 18.0 Å². The van der Waals surface area contributed by atoms with Crippen molar-refractivity contribution in [3.63, 3.8) is 0 Å². The van der Waals surface area contributed by atoms with E-state index in [0.717, 1.165) is 23.4 Å². The molecule has 0 bridgehead atoms. The summed E-state index contributed by atoms with van der Waals surface area (Å²) in [6, 6.07) is 2.55. The molecule has 1 amide bonds. The van der Waals surface area contributed by atoms with E-state index in [1.807, 2.05) is 6.92 Å². The Morgan fingerprint density at radius 2 is 2.09 bits per heavy atom. The van der Waals surface area contributed by atoms with Gasteiger partial charge in [0.1, 0.15) is 5.69 Å². The summed E-state index contributed by atoms with van der Waals surface area (Å²) in [7, 11) is 0. The van der Waals surface area contributed by atoms with Crippen molar-refractivity contribution in [3.8, 4) is 0 Å². The second kappa shape index (κ2) is 6.13. The fourth-order valence-corrected chi connectivity index (χ4v) is 1.84. The van der Waals surface area contributed by atoms with Gasteiger partial charge in [-0.1, -0.05) is 0 Å². The number of pyridine rings is 2. The fourth-order valence-electron chi connectivity index (χ4n) is 1.84. The summed E-state index contributed by atoms with van der Waals surface area (Å²) in [5, 5.41) is 2.57. The molecule has 0 saturated heterocycles. The topological polar surface area (TPSA) is 54.9 Å². The zero-order valence-electron chi connectivity index (χ0n) is 12.0. The number of alkyl halides is 2. The van der Waals surface area contributed by atoms with Crippen LogP contribution < -0.4 is 5.32 Å². The highest BCUT2D eigenvalue weighted by Crippen LogP contribution is 2.27. The van der Waals surface area contributed by atoms with Gasteiger partial charge in [0.05, 0.1) is 5.56 Å². The number of hydrogen-bond donors (Lipinski definition) is 1. The predicted octanol–water partition coefficient (Wildman–Crippen LogP) is 2.97. The van der Waals surface area contributed by atoms with Crippen LogP contribution in [-0.4, -0.2) is 15.9 Å². The molecule has 7 heteroatoms. The molecule has 0 spiro atoms. The van der Waals surface area contributed by atoms with Crippen molar-refractivity contribution >= 4 is 5.91 Å². The van der Waals surface area contributed by atoms with Crippen LogP contribution in [0.25, 0.3) is 0 Å². The molecular formula is C15H14F3N3O. The van der Waals surface area contributed by atoms with Crippen molar-refractivity contribution in [2.24, 2.45) is 0 Å². The Labute approximate surface area is 125 Å². The molecular weight excluding hydrogens is 295 g/mol. The number of nitrogens with one attached hydrogen (secondary N) is 1. The Hall–Kier alpha value is -2.44. The van der Waals surface area contributed by atoms with Crippen LogP contribution in [-0.2, 0) is 12.5 Å². The minimum atomic E-state index is -3.40. The molecule has 0 unspecified atom stereocenters. The lowest BCUT2D eigenvalue weighted by Crippen LogP contribution is -2.24. The monoisotopic (exact) mass is 309 g/mol. The lowest BCUT2D eigenvalue weighted by molar-refractivity contribution is 0.00868. The highest BCUT2D eigenvalue weighted by atomic mass is 19.3. The molecule has 0 aromatic carbocycles. The Balaban J connectivity index is 2.11. The molecule has 2 aromatic heterocycles. The molecule has 0 aliphatic rings. The lowest BCUT2D eigenvalue weighted by Gasteiger charge is -2.11. The first-order chi connectivity index (χ1) is 10.3. The number of aromatic nitrogens is 2. The molecule has 22 heavy (non-hydrogen) atoms. The summed E-state index contributed by atoms with van der Waals surface area (Å²) in [5.74, 6) is -5.20. The average Bonchev–Trinajstić information content (AvgIpc) is 2.44. The number of carbonyl (C=O) groups is 1. The van der Waals surface area contributed by atoms with Crippen molar-refractivity contribution in [2.45, 2.75) is 26.3 Å². The van der Waals surface area contributed by atoms with Crippen LogP contribution in [0.5, 0.6) is 0 Å². The highest BCUT2D eigenvalue weighted by molar-refractivity contribution is 5.93. The third-order valence-corrected chi connectivity index (χ3v) is 3.11. The minimum Gasteiger partial charge on any atom is -0.348 e. The van der Waals surface area contributed by atoms with Gasteiger partial charge in [-0.05, 0) is 30.2 Å². The van der Waals surface area contributed by atoms with E-state index in [1.165, 1.54) is 0 Å². The summed E-state index contributed by atoms with van der Waals surface area (Å²) in [6.07, 6.45) is 4.17. The highest BCUT2D eigenvalue weighted by Gasteiger charge is 2.30. The number of carbonyl (C=O) groups excluding carboxylic acids is 1. The first-order valence-corrected chi connectivity index (χ1v) is 6.50. The Morgan fingerprint density at radius 3 is 2.68 bits per heavy atom. The van der Waals surface area contributed by atoms with Crippen molar-refractivity contribution in [1.82, 2.24) is 15.3 Å². The van der Waals surface area contributed by atoms with Crippen molar-refractivity contribution in [2.75, 3.05) is 0 Å². The minimum absolute atomic E-state index is 0.118. The number of aryl methyl sites for hydroxylation is 1. The van der Waals surface area contributed by atoms with Crippen LogP contribution in [0.4, 0.5) is 13.2 Å². The molecule has 116 valence electrons. The second-order valence-electron chi connectivity index (χ2n) is 4.93. The number of hydrogen-bond acceptors (Lipinski definition) is 3. The summed E-state index contributed by atoms with van der Waals surface area (Å²) < 4.78 is 39.7. The third kappa shape index (κ3) is 3.60. The predicted molar refractivity (Wildman–Crippen MR) is 73.9 cm³/mol. The van der Waals surface area contributed by atoms with E-state index in [2.05, 4.69) is 15.3 Å². The number of nitrogens with zero attached hydrogens (tertiary/aromatic N) is 2. The van der Waals surface area contributed by atoms with E-state index in [4.69, 9.17) is 0 Å². The van der Waals surface area contributed by atoms with Gasteiger partial charge < -0.3 is 5.32 Å². The standard InChI is InChI=1S/C15H14F3N3O/c1-9-3-4-19-6-11(9)8-21-14(22)10-5-12(16)13(20-7-10)15(2,17)18/h3-7H,8H2,1-2H3,(H,21,22). The summed E-state index contributed by atoms with van der Waals surface area (Å²) >= 11 is 0. The van der Waals surface area contributed by atoms with Gasteiger partial charge in [0, 0.05) is 32.1 Å². The number of halogens is 3. The second-order valence-corrected chi connectivity index (χ2v) is 4.93. The van der Waals surface area contributed by atoms with Crippen LogP contribution >= 0.6 is 0 Å². The molecule has 4 nitrogen and oxygen atoms in total. The molecule has 0 aliphatic carbocycles. The molecule has 2 aromatic rings. The summed E-state index contributed by atoms with van der Waals surface area (Å²) in [5.41, 5.74) is 0.653. The number of rotatable bonds is 4. The molecule has 0 fully saturated rings. The first kappa shape index (κ1) is 15.9. The van der Waals surface area contributed by atoms with Crippen LogP contribution in [0, 0.1) is 12.7 Å². The summed E-state index contributed by atoms with van der Waals surface area (Å²) in [6.45, 7) is 2.61. The molecule has 0 aliphatic heterocycles. The molecule has 0 radical (unpaired) electrons. The Morgan fingerprint density at radius 1 is 1.36 bits per heavy atom. The van der Waals surface area contributed by atoms with Gasteiger partial charge in [-0.15, -0.1) is 0 Å². The quantitative estimate of drug-likeness (QED) is 0.944. The first-order valence-electron chi connectivity index (χ1n) is 6.50. The van der Waals surface area contributed by atoms with Crippen LogP contribution in [0.15, 0.2) is 30.7 Å². The fraction of sp³-hybridized carbons (Fsp3) is 0.267. The maximum absolute atomic E-state index is 13.6. The van der Waals surface area contributed by atoms with Gasteiger partial charge in [-0.3, -0.25) is 14.8 Å². The molecule has 2 rings (SSSR count). The van der Waals surface area contributed by atoms with Crippen LogP contribution in [0.3, 0.4) is 0 Å². The molecule has 1 N–H and O–H groups in total. The maximum atomic E-state index is 13.6. The Bertz CT molecular complexity index is 699. The lowest BCUT2D eigenvalue weighted by atomic mass is 10.1. The smallest absolute Gasteiger partial charge is 0.289 e. The third-order valence-electron chi connectivity index (χ3n) is 3.11. The largest absolute Gasteiger partial charge is 0.348 e. The summed E-state index contributed by atoms with van der Waals surface area (Å²) in [4.78, 5) is 19.2. The van der Waals surface area contributed by atoms with Gasteiger partial charge in [-0.2, -0.15) is 8.78 Å². The molecule has 0 atom stereocenters. The maximum Gasteiger partial charge on any atom is 0.289 e. The van der Waals surface area contributed by atoms with E-state index in [-0.39, 0.29) is 12.1 Å². The zero-order chi connectivity index (χ0) is 16.3. The SMILES string of the molecule is Cc1ccncc1CNC(=O)c1cnc(C(C)(F)F)c(F)c1. The van der Waals surface area contributed by atoms with Crippen LogP contribution in [0.1, 0.15) is 34.1 Å². The van der Waals surface area contributed by atoms with Crippen LogP contribution in [0.2, 0.25) is 0 Å². The van der Waals surface area contributed by atoms with E-state index in [1.54, 1.807) is 18.5 Å². The van der Waals surface area contributed by atoms with E-state index in [9.17, 15) is 18.0 Å². The van der Waals surface area contributed by atoms with Gasteiger partial charge in [0.25, 0.3) is 11.8 Å². The van der Waals surface area contributed by atoms with E-state index < -0.39 is 23.3 Å². The number of amides is 1. The van der Waals surface area contributed by atoms with E-state index >= 15 is 0 Å². The van der Waals surface area contributed by atoms with Gasteiger partial charge >= 0.3 is 0 Å². The normalized spacial score (nSPS) is 11.3. The van der Waals surface area contributed by atoms with Crippen molar-refractivity contribution in [3.05, 3.63) is 58.9 Å². The van der Waals surface area contributed by atoms with Gasteiger partial charge in [-0.25, -0.2) is 4.39 Å².